The van der Waals surface area contributed by atoms with Gasteiger partial charge in [-0.15, -0.1) is 12.4 Å². The van der Waals surface area contributed by atoms with Crippen molar-refractivity contribution in [2.75, 3.05) is 13.2 Å². The summed E-state index contributed by atoms with van der Waals surface area (Å²) in [4.78, 5) is 0. The minimum atomic E-state index is -3.11. The molecule has 0 radical (unpaired) electrons. The highest BCUT2D eigenvalue weighted by molar-refractivity contribution is 7.54. The lowest BCUT2D eigenvalue weighted by atomic mass is 10.1. The highest BCUT2D eigenvalue weighted by Gasteiger charge is 2.35. The second kappa shape index (κ2) is 8.54. The van der Waals surface area contributed by atoms with Crippen molar-refractivity contribution in [3.63, 3.8) is 0 Å². The molecule has 0 amide bonds. The minimum absolute atomic E-state index is 0. The molecule has 0 saturated carbocycles. The lowest BCUT2D eigenvalue weighted by molar-refractivity contribution is 0.204. The Labute approximate surface area is 98.8 Å². The second-order valence-electron chi connectivity index (χ2n) is 3.25. The Morgan fingerprint density at radius 3 is 1.87 bits per heavy atom. The molecular weight excluding hydrogens is 237 g/mol. The maximum absolute atomic E-state index is 12.1. The van der Waals surface area contributed by atoms with Crippen LogP contribution in [-0.2, 0) is 13.6 Å². The number of halogens is 1. The molecule has 0 aliphatic rings. The van der Waals surface area contributed by atoms with Crippen molar-refractivity contribution in [1.29, 1.82) is 0 Å². The topological polar surface area (TPSA) is 61.5 Å². The Kier molecular flexibility index (Phi) is 10.1. The third-order valence-corrected chi connectivity index (χ3v) is 4.69. The van der Waals surface area contributed by atoms with Crippen LogP contribution in [0, 0.1) is 5.92 Å². The first-order valence-electron chi connectivity index (χ1n) is 5.16. The van der Waals surface area contributed by atoms with Gasteiger partial charge in [-0.25, -0.2) is 0 Å². The Hall–Kier alpha value is 0.400. The van der Waals surface area contributed by atoms with Crippen LogP contribution in [0.1, 0.15) is 34.1 Å². The summed E-state index contributed by atoms with van der Waals surface area (Å²) in [6, 6.07) is 0. The van der Waals surface area contributed by atoms with Gasteiger partial charge in [-0.1, -0.05) is 20.3 Å². The maximum Gasteiger partial charge on any atom is 0.347 e. The average Bonchev–Trinajstić information content (AvgIpc) is 2.16. The van der Waals surface area contributed by atoms with Gasteiger partial charge in [-0.3, -0.25) is 4.57 Å². The van der Waals surface area contributed by atoms with Gasteiger partial charge in [0.05, 0.1) is 13.2 Å². The van der Waals surface area contributed by atoms with Crippen molar-refractivity contribution < 1.29 is 13.6 Å². The van der Waals surface area contributed by atoms with Gasteiger partial charge in [0, 0.05) is 0 Å². The molecule has 0 saturated heterocycles. The smallest absolute Gasteiger partial charge is 0.317 e. The van der Waals surface area contributed by atoms with Gasteiger partial charge in [-0.05, 0) is 19.8 Å². The molecule has 2 atom stereocenters. The molecule has 0 rings (SSSR count). The van der Waals surface area contributed by atoms with Gasteiger partial charge >= 0.3 is 7.60 Å². The Morgan fingerprint density at radius 2 is 1.60 bits per heavy atom. The molecule has 6 heteroatoms. The van der Waals surface area contributed by atoms with Crippen LogP contribution < -0.4 is 5.73 Å². The zero-order chi connectivity index (χ0) is 11.2. The number of hydrogen-bond donors (Lipinski definition) is 1. The predicted octanol–water partition coefficient (Wildman–Crippen LogP) is 3.01. The summed E-state index contributed by atoms with van der Waals surface area (Å²) in [5.74, 6) is -0.383. The Bertz CT molecular complexity index is 194. The number of hydrogen-bond acceptors (Lipinski definition) is 4. The molecule has 0 bridgehead atoms. The SMILES string of the molecule is CCOP(=O)(OCC)C(N)C(C)CC.Cl. The highest BCUT2D eigenvalue weighted by Crippen LogP contribution is 2.53. The molecule has 0 aliphatic heterocycles. The molecule has 0 aromatic heterocycles. The van der Waals surface area contributed by atoms with Gasteiger partial charge in [-0.2, -0.15) is 0 Å². The van der Waals surface area contributed by atoms with Crippen LogP contribution in [0.2, 0.25) is 0 Å². The molecule has 4 nitrogen and oxygen atoms in total. The summed E-state index contributed by atoms with van der Waals surface area (Å²) in [5.41, 5.74) is 5.87. The lowest BCUT2D eigenvalue weighted by Crippen LogP contribution is -2.29. The zero-order valence-electron chi connectivity index (χ0n) is 9.93. The summed E-state index contributed by atoms with van der Waals surface area (Å²) in [6.07, 6.45) is 0.866. The monoisotopic (exact) mass is 259 g/mol. The van der Waals surface area contributed by atoms with Crippen LogP contribution >= 0.6 is 20.0 Å². The molecule has 94 valence electrons. The van der Waals surface area contributed by atoms with Crippen molar-refractivity contribution >= 4 is 20.0 Å². The maximum atomic E-state index is 12.1. The summed E-state index contributed by atoms with van der Waals surface area (Å²) in [6.45, 7) is 8.26. The van der Waals surface area contributed by atoms with E-state index in [1.54, 1.807) is 13.8 Å². The van der Waals surface area contributed by atoms with Crippen LogP contribution in [0.25, 0.3) is 0 Å². The van der Waals surface area contributed by atoms with E-state index in [2.05, 4.69) is 0 Å². The molecule has 0 aliphatic carbocycles. The van der Waals surface area contributed by atoms with E-state index in [9.17, 15) is 4.57 Å². The standard InChI is InChI=1S/C9H22NO3P.ClH/c1-5-8(4)9(10)14(11,12-6-2)13-7-3;/h8-9H,5-7,10H2,1-4H3;1H. The van der Waals surface area contributed by atoms with Crippen molar-refractivity contribution in [3.8, 4) is 0 Å². The molecule has 2 unspecified atom stereocenters. The van der Waals surface area contributed by atoms with E-state index in [0.29, 0.717) is 13.2 Å². The summed E-state index contributed by atoms with van der Waals surface area (Å²) < 4.78 is 22.5. The third kappa shape index (κ3) is 5.32. The van der Waals surface area contributed by atoms with Crippen molar-refractivity contribution in [3.05, 3.63) is 0 Å². The first-order chi connectivity index (χ1) is 6.51. The quantitative estimate of drug-likeness (QED) is 0.714. The van der Waals surface area contributed by atoms with Crippen LogP contribution in [0.15, 0.2) is 0 Å². The lowest BCUT2D eigenvalue weighted by Gasteiger charge is -2.26. The van der Waals surface area contributed by atoms with Crippen LogP contribution in [0.3, 0.4) is 0 Å². The summed E-state index contributed by atoms with van der Waals surface area (Å²) in [5, 5.41) is 0. The van der Waals surface area contributed by atoms with Crippen LogP contribution in [-0.4, -0.2) is 19.0 Å². The van der Waals surface area contributed by atoms with E-state index >= 15 is 0 Å². The van der Waals surface area contributed by atoms with Gasteiger partial charge in [0.15, 0.2) is 0 Å². The molecule has 15 heavy (non-hydrogen) atoms. The van der Waals surface area contributed by atoms with E-state index in [-0.39, 0.29) is 18.3 Å². The number of rotatable bonds is 7. The number of nitrogens with two attached hydrogens (primary N) is 1. The van der Waals surface area contributed by atoms with Gasteiger partial charge in [0.25, 0.3) is 0 Å². The fourth-order valence-electron chi connectivity index (χ4n) is 1.12. The largest absolute Gasteiger partial charge is 0.347 e. The first-order valence-corrected chi connectivity index (χ1v) is 6.77. The van der Waals surface area contributed by atoms with Gasteiger partial charge in [0.1, 0.15) is 5.78 Å². The third-order valence-electron chi connectivity index (χ3n) is 2.21. The Balaban J connectivity index is 0. The molecule has 0 aromatic rings. The van der Waals surface area contributed by atoms with Gasteiger partial charge < -0.3 is 14.8 Å². The minimum Gasteiger partial charge on any atom is -0.317 e. The molecule has 2 N–H and O–H groups in total. The van der Waals surface area contributed by atoms with Crippen molar-refractivity contribution in [1.82, 2.24) is 0 Å². The van der Waals surface area contributed by atoms with Crippen LogP contribution in [0.4, 0.5) is 0 Å². The molecule has 0 fully saturated rings. The molecular formula is C9H23ClNO3P. The van der Waals surface area contributed by atoms with E-state index in [4.69, 9.17) is 14.8 Å². The highest BCUT2D eigenvalue weighted by atomic mass is 35.5. The fourth-order valence-corrected chi connectivity index (χ4v) is 3.10. The van der Waals surface area contributed by atoms with Crippen LogP contribution in [0.5, 0.6) is 0 Å². The normalized spacial score (nSPS) is 15.5. The van der Waals surface area contributed by atoms with E-state index in [1.165, 1.54) is 0 Å². The first kappa shape index (κ1) is 17.8. The molecule has 0 heterocycles. The summed E-state index contributed by atoms with van der Waals surface area (Å²) >= 11 is 0. The van der Waals surface area contributed by atoms with Crippen molar-refractivity contribution in [2.45, 2.75) is 39.9 Å². The Morgan fingerprint density at radius 1 is 1.20 bits per heavy atom. The molecule has 0 aromatic carbocycles. The van der Waals surface area contributed by atoms with E-state index in [0.717, 1.165) is 6.42 Å². The van der Waals surface area contributed by atoms with Gasteiger partial charge in [0.2, 0.25) is 0 Å². The van der Waals surface area contributed by atoms with E-state index in [1.807, 2.05) is 13.8 Å². The molecule has 0 spiro atoms. The average molecular weight is 260 g/mol. The van der Waals surface area contributed by atoms with E-state index < -0.39 is 13.4 Å². The second-order valence-corrected chi connectivity index (χ2v) is 5.44. The zero-order valence-corrected chi connectivity index (χ0v) is 11.6. The predicted molar refractivity (Wildman–Crippen MR) is 65.5 cm³/mol. The summed E-state index contributed by atoms with van der Waals surface area (Å²) in [7, 11) is -3.11. The van der Waals surface area contributed by atoms with Crippen molar-refractivity contribution in [2.24, 2.45) is 11.7 Å². The fraction of sp³-hybridized carbons (Fsp3) is 1.00.